The Hall–Kier alpha value is -4.26. The van der Waals surface area contributed by atoms with Crippen molar-refractivity contribution in [3.63, 3.8) is 0 Å². The lowest BCUT2D eigenvalue weighted by molar-refractivity contribution is -0.141. The normalized spacial score (nSPS) is 11.4. The Labute approximate surface area is 219 Å². The Balaban J connectivity index is 1.74. The van der Waals surface area contributed by atoms with Crippen LogP contribution < -0.4 is 10.6 Å². The van der Waals surface area contributed by atoms with Gasteiger partial charge >= 0.3 is 6.18 Å². The molecule has 0 unspecified atom stereocenters. The number of hydrogen-bond acceptors (Lipinski definition) is 6. The lowest BCUT2D eigenvalue weighted by Crippen LogP contribution is -2.26. The summed E-state index contributed by atoms with van der Waals surface area (Å²) in [6, 6.07) is 7.99. The zero-order chi connectivity index (χ0) is 27.6. The lowest BCUT2D eigenvalue weighted by Gasteiger charge is -2.15. The second-order valence-electron chi connectivity index (χ2n) is 8.32. The first-order valence-corrected chi connectivity index (χ1v) is 11.7. The van der Waals surface area contributed by atoms with Gasteiger partial charge < -0.3 is 10.6 Å². The number of benzene rings is 1. The predicted octanol–water partition coefficient (Wildman–Crippen LogP) is 4.20. The van der Waals surface area contributed by atoms with Crippen molar-refractivity contribution >= 4 is 29.1 Å². The van der Waals surface area contributed by atoms with Crippen molar-refractivity contribution in [2.24, 2.45) is 0 Å². The molecule has 14 heteroatoms. The number of alkyl halides is 3. The molecular formula is C24H22ClF3N8O2. The zero-order valence-corrected chi connectivity index (χ0v) is 21.2. The number of carbonyl (C=O) groups excluding carboxylic acids is 2. The third kappa shape index (κ3) is 5.67. The van der Waals surface area contributed by atoms with Gasteiger partial charge in [-0.1, -0.05) is 17.7 Å². The molecule has 0 aliphatic heterocycles. The number of rotatable bonds is 7. The molecule has 0 spiro atoms. The molecule has 4 rings (SSSR count). The third-order valence-electron chi connectivity index (χ3n) is 5.36. The summed E-state index contributed by atoms with van der Waals surface area (Å²) < 4.78 is 40.0. The van der Waals surface area contributed by atoms with E-state index in [1.807, 2.05) is 13.0 Å². The standard InChI is InChI=1S/C24H22ClF3N8O2/c1-4-29-22(37)16-9-13(2)8-14(3)20(16)32-23(38)18-10-15(12-35-31-11-19(34-35)24(26,27)28)33-36(18)21-17(25)6-5-7-30-21/h5-11H,4,12H2,1-3H3,(H,29,37)(H,32,38). The molecule has 2 amide bonds. The summed E-state index contributed by atoms with van der Waals surface area (Å²) in [4.78, 5) is 31.2. The van der Waals surface area contributed by atoms with E-state index in [2.05, 4.69) is 30.9 Å². The van der Waals surface area contributed by atoms with E-state index in [0.717, 1.165) is 10.4 Å². The molecule has 0 saturated carbocycles. The summed E-state index contributed by atoms with van der Waals surface area (Å²) in [6.45, 7) is 5.50. The second-order valence-corrected chi connectivity index (χ2v) is 8.72. The highest BCUT2D eigenvalue weighted by molar-refractivity contribution is 6.32. The van der Waals surface area contributed by atoms with Gasteiger partial charge in [0.05, 0.1) is 28.2 Å². The molecule has 0 radical (unpaired) electrons. The summed E-state index contributed by atoms with van der Waals surface area (Å²) in [5.41, 5.74) is 1.06. The van der Waals surface area contributed by atoms with Crippen molar-refractivity contribution in [1.82, 2.24) is 35.1 Å². The maximum Gasteiger partial charge on any atom is 0.436 e. The Morgan fingerprint density at radius 2 is 1.87 bits per heavy atom. The molecule has 0 bridgehead atoms. The van der Waals surface area contributed by atoms with Gasteiger partial charge in [0, 0.05) is 12.7 Å². The molecule has 38 heavy (non-hydrogen) atoms. The van der Waals surface area contributed by atoms with Crippen LogP contribution >= 0.6 is 11.6 Å². The van der Waals surface area contributed by atoms with Crippen LogP contribution in [0.5, 0.6) is 0 Å². The molecule has 0 aliphatic rings. The van der Waals surface area contributed by atoms with E-state index in [0.29, 0.717) is 24.0 Å². The van der Waals surface area contributed by atoms with Gasteiger partial charge in [-0.3, -0.25) is 9.59 Å². The molecule has 10 nitrogen and oxygen atoms in total. The van der Waals surface area contributed by atoms with Crippen molar-refractivity contribution in [3.8, 4) is 5.82 Å². The smallest absolute Gasteiger partial charge is 0.352 e. The number of aryl methyl sites for hydroxylation is 2. The molecule has 3 heterocycles. The first kappa shape index (κ1) is 26.8. The fraction of sp³-hybridized carbons (Fsp3) is 0.250. The number of aromatic nitrogens is 6. The fourth-order valence-electron chi connectivity index (χ4n) is 3.76. The number of carbonyl (C=O) groups is 2. The Morgan fingerprint density at radius 3 is 2.53 bits per heavy atom. The number of nitrogens with zero attached hydrogens (tertiary/aromatic N) is 6. The first-order chi connectivity index (χ1) is 18.0. The van der Waals surface area contributed by atoms with Crippen molar-refractivity contribution in [1.29, 1.82) is 0 Å². The molecule has 1 aromatic carbocycles. The molecule has 2 N–H and O–H groups in total. The molecular weight excluding hydrogens is 525 g/mol. The summed E-state index contributed by atoms with van der Waals surface area (Å²) in [5, 5.41) is 17.1. The topological polar surface area (TPSA) is 120 Å². The van der Waals surface area contributed by atoms with E-state index in [1.165, 1.54) is 16.9 Å². The minimum Gasteiger partial charge on any atom is -0.352 e. The molecule has 3 aromatic heterocycles. The van der Waals surface area contributed by atoms with Crippen LogP contribution in [0.4, 0.5) is 18.9 Å². The van der Waals surface area contributed by atoms with Crippen LogP contribution in [-0.4, -0.2) is 48.1 Å². The van der Waals surface area contributed by atoms with E-state index in [-0.39, 0.29) is 40.2 Å². The largest absolute Gasteiger partial charge is 0.436 e. The van der Waals surface area contributed by atoms with E-state index in [9.17, 15) is 22.8 Å². The quantitative estimate of drug-likeness (QED) is 0.358. The van der Waals surface area contributed by atoms with Crippen molar-refractivity contribution < 1.29 is 22.8 Å². The summed E-state index contributed by atoms with van der Waals surface area (Å²) in [6.07, 6.45) is -2.60. The highest BCUT2D eigenvalue weighted by Crippen LogP contribution is 2.27. The molecule has 0 aliphatic carbocycles. The number of hydrogen-bond donors (Lipinski definition) is 2. The minimum atomic E-state index is -4.65. The van der Waals surface area contributed by atoms with Crippen LogP contribution in [0.2, 0.25) is 5.02 Å². The van der Waals surface area contributed by atoms with E-state index in [1.54, 1.807) is 32.0 Å². The number of pyridine rings is 1. The highest BCUT2D eigenvalue weighted by atomic mass is 35.5. The van der Waals surface area contributed by atoms with Gasteiger partial charge in [0.15, 0.2) is 11.5 Å². The van der Waals surface area contributed by atoms with Crippen LogP contribution in [-0.2, 0) is 12.7 Å². The van der Waals surface area contributed by atoms with E-state index >= 15 is 0 Å². The molecule has 0 fully saturated rings. The fourth-order valence-corrected chi connectivity index (χ4v) is 3.96. The minimum absolute atomic E-state index is 0.0226. The van der Waals surface area contributed by atoms with Gasteiger partial charge in [0.1, 0.15) is 12.2 Å². The van der Waals surface area contributed by atoms with Crippen LogP contribution in [0.15, 0.2) is 42.7 Å². The summed E-state index contributed by atoms with van der Waals surface area (Å²) in [7, 11) is 0. The zero-order valence-electron chi connectivity index (χ0n) is 20.5. The van der Waals surface area contributed by atoms with E-state index in [4.69, 9.17) is 11.6 Å². The van der Waals surface area contributed by atoms with Gasteiger partial charge in [-0.15, -0.1) is 5.10 Å². The molecule has 0 saturated heterocycles. The highest BCUT2D eigenvalue weighted by Gasteiger charge is 2.34. The van der Waals surface area contributed by atoms with Crippen LogP contribution in [0.1, 0.15) is 50.3 Å². The molecule has 198 valence electrons. The maximum atomic E-state index is 13.5. The average molecular weight is 547 g/mol. The van der Waals surface area contributed by atoms with Crippen molar-refractivity contribution in [2.75, 3.05) is 11.9 Å². The third-order valence-corrected chi connectivity index (χ3v) is 5.66. The molecule has 0 atom stereocenters. The summed E-state index contributed by atoms with van der Waals surface area (Å²) >= 11 is 6.30. The number of nitrogens with one attached hydrogen (secondary N) is 2. The van der Waals surface area contributed by atoms with Gasteiger partial charge in [-0.25, -0.2) is 9.67 Å². The van der Waals surface area contributed by atoms with E-state index < -0.39 is 17.8 Å². The lowest BCUT2D eigenvalue weighted by atomic mass is 10.0. The van der Waals surface area contributed by atoms with Crippen LogP contribution in [0, 0.1) is 13.8 Å². The first-order valence-electron chi connectivity index (χ1n) is 11.4. The Bertz CT molecular complexity index is 1510. The SMILES string of the molecule is CCNC(=O)c1cc(C)cc(C)c1NC(=O)c1cc(Cn2ncc(C(F)(F)F)n2)nn1-c1ncccc1Cl. The van der Waals surface area contributed by atoms with Crippen molar-refractivity contribution in [2.45, 2.75) is 33.5 Å². The number of amides is 2. The molecule has 4 aromatic rings. The summed E-state index contributed by atoms with van der Waals surface area (Å²) in [5.74, 6) is -0.881. The number of anilines is 1. The van der Waals surface area contributed by atoms with Gasteiger partial charge in [0.2, 0.25) is 0 Å². The maximum absolute atomic E-state index is 13.5. The average Bonchev–Trinajstić information content (AvgIpc) is 3.49. The van der Waals surface area contributed by atoms with Gasteiger partial charge in [0.25, 0.3) is 11.8 Å². The van der Waals surface area contributed by atoms with Crippen LogP contribution in [0.3, 0.4) is 0 Å². The Morgan fingerprint density at radius 1 is 1.11 bits per heavy atom. The predicted molar refractivity (Wildman–Crippen MR) is 132 cm³/mol. The number of halogens is 4. The second kappa shape index (κ2) is 10.6. The van der Waals surface area contributed by atoms with Gasteiger partial charge in [-0.2, -0.15) is 28.2 Å². The van der Waals surface area contributed by atoms with Crippen molar-refractivity contribution in [3.05, 3.63) is 81.5 Å². The monoisotopic (exact) mass is 546 g/mol. The van der Waals surface area contributed by atoms with Crippen LogP contribution in [0.25, 0.3) is 5.82 Å². The Kier molecular flexibility index (Phi) is 7.49. The van der Waals surface area contributed by atoms with Gasteiger partial charge in [-0.05, 0) is 56.2 Å².